The third-order valence-electron chi connectivity index (χ3n) is 5.22. The molecule has 0 atom stereocenters. The van der Waals surface area contributed by atoms with Crippen molar-refractivity contribution in [2.45, 2.75) is 6.92 Å². The maximum Gasteiger partial charge on any atom is 0.152 e. The van der Waals surface area contributed by atoms with E-state index in [9.17, 15) is 0 Å². The minimum atomic E-state index is 0.790. The van der Waals surface area contributed by atoms with Gasteiger partial charge < -0.3 is 4.98 Å². The highest BCUT2D eigenvalue weighted by molar-refractivity contribution is 6.02. The lowest BCUT2D eigenvalue weighted by Crippen LogP contribution is -1.97. The van der Waals surface area contributed by atoms with Crippen LogP contribution in [0.25, 0.3) is 33.3 Å². The van der Waals surface area contributed by atoms with Crippen LogP contribution in [0.3, 0.4) is 0 Å². The number of fused-ring (bicyclic) bond motifs is 1. The lowest BCUT2D eigenvalue weighted by molar-refractivity contribution is 1.27. The summed E-state index contributed by atoms with van der Waals surface area (Å²) in [5.41, 5.74) is 8.26. The number of hydrogen-bond acceptors (Lipinski definition) is 2. The molecule has 3 nitrogen and oxygen atoms in total. The SMILES string of the molecule is CC(=Nc1c(-c2ccccc2)cccc1-c1ccccc1)c1nc2ccccc2[nH]1. The molecule has 0 aliphatic carbocycles. The Morgan fingerprint density at radius 2 is 1.23 bits per heavy atom. The van der Waals surface area contributed by atoms with Crippen molar-refractivity contribution in [2.75, 3.05) is 0 Å². The molecule has 5 rings (SSSR count). The van der Waals surface area contributed by atoms with Gasteiger partial charge in [0.2, 0.25) is 0 Å². The van der Waals surface area contributed by atoms with E-state index in [2.05, 4.69) is 71.7 Å². The molecule has 0 saturated carbocycles. The zero-order valence-corrected chi connectivity index (χ0v) is 16.7. The van der Waals surface area contributed by atoms with Crippen LogP contribution in [-0.4, -0.2) is 15.7 Å². The first-order valence-electron chi connectivity index (χ1n) is 10.0. The lowest BCUT2D eigenvalue weighted by Gasteiger charge is -2.13. The van der Waals surface area contributed by atoms with Gasteiger partial charge in [-0.15, -0.1) is 0 Å². The van der Waals surface area contributed by atoms with Crippen molar-refractivity contribution in [1.82, 2.24) is 9.97 Å². The highest BCUT2D eigenvalue weighted by Gasteiger charge is 2.13. The second-order valence-electron chi connectivity index (χ2n) is 7.23. The molecule has 1 N–H and O–H groups in total. The zero-order chi connectivity index (χ0) is 20.3. The second kappa shape index (κ2) is 7.80. The molecule has 4 aromatic carbocycles. The van der Waals surface area contributed by atoms with Crippen LogP contribution in [-0.2, 0) is 0 Å². The van der Waals surface area contributed by atoms with Crippen molar-refractivity contribution in [3.63, 3.8) is 0 Å². The van der Waals surface area contributed by atoms with Gasteiger partial charge in [-0.3, -0.25) is 0 Å². The Balaban J connectivity index is 1.71. The van der Waals surface area contributed by atoms with Crippen LogP contribution in [0.1, 0.15) is 12.7 Å². The number of nitrogens with zero attached hydrogens (tertiary/aromatic N) is 2. The molecule has 0 aliphatic rings. The third kappa shape index (κ3) is 3.42. The summed E-state index contributed by atoms with van der Waals surface area (Å²) in [6.45, 7) is 2.01. The zero-order valence-electron chi connectivity index (χ0n) is 16.7. The molecule has 0 saturated heterocycles. The van der Waals surface area contributed by atoms with Gasteiger partial charge in [0.15, 0.2) is 5.82 Å². The Labute approximate surface area is 175 Å². The molecule has 144 valence electrons. The molecule has 0 amide bonds. The standard InChI is InChI=1S/C27H21N3/c1-19(27-29-24-17-8-9-18-25(24)30-27)28-26-22(20-11-4-2-5-12-20)15-10-16-23(26)21-13-6-3-7-14-21/h2-18H,1H3,(H,29,30). The van der Waals surface area contributed by atoms with E-state index in [0.29, 0.717) is 0 Å². The minimum absolute atomic E-state index is 0.790. The summed E-state index contributed by atoms with van der Waals surface area (Å²) in [6, 6.07) is 35.2. The van der Waals surface area contributed by atoms with E-state index in [1.165, 1.54) is 0 Å². The fourth-order valence-corrected chi connectivity index (χ4v) is 3.71. The number of aromatic nitrogens is 2. The van der Waals surface area contributed by atoms with Gasteiger partial charge in [-0.25, -0.2) is 9.98 Å². The van der Waals surface area contributed by atoms with Crippen LogP contribution in [0.2, 0.25) is 0 Å². The lowest BCUT2D eigenvalue weighted by atomic mass is 9.96. The van der Waals surface area contributed by atoms with Gasteiger partial charge >= 0.3 is 0 Å². The van der Waals surface area contributed by atoms with Crippen LogP contribution < -0.4 is 0 Å². The van der Waals surface area contributed by atoms with Crippen LogP contribution in [0, 0.1) is 0 Å². The normalized spacial score (nSPS) is 11.7. The Kier molecular flexibility index (Phi) is 4.70. The first kappa shape index (κ1) is 18.1. The predicted octanol–water partition coefficient (Wildman–Crippen LogP) is 7.04. The smallest absolute Gasteiger partial charge is 0.152 e. The average molecular weight is 387 g/mol. The summed E-state index contributed by atoms with van der Waals surface area (Å²) in [5.74, 6) is 0.790. The number of aromatic amines is 1. The van der Waals surface area contributed by atoms with Gasteiger partial charge in [0.1, 0.15) is 0 Å². The number of rotatable bonds is 4. The fourth-order valence-electron chi connectivity index (χ4n) is 3.71. The maximum absolute atomic E-state index is 5.10. The summed E-state index contributed by atoms with van der Waals surface area (Å²) in [4.78, 5) is 13.2. The topological polar surface area (TPSA) is 41.0 Å². The van der Waals surface area contributed by atoms with Crippen LogP contribution >= 0.6 is 0 Å². The molecular formula is C27H21N3. The number of hydrogen-bond donors (Lipinski definition) is 1. The van der Waals surface area contributed by atoms with E-state index >= 15 is 0 Å². The Morgan fingerprint density at radius 3 is 1.83 bits per heavy atom. The number of benzene rings is 4. The minimum Gasteiger partial charge on any atom is -0.337 e. The van der Waals surface area contributed by atoms with E-state index in [1.807, 2.05) is 43.3 Å². The predicted molar refractivity (Wildman–Crippen MR) is 125 cm³/mol. The maximum atomic E-state index is 5.10. The van der Waals surface area contributed by atoms with Gasteiger partial charge in [0, 0.05) is 11.1 Å². The first-order valence-corrected chi connectivity index (χ1v) is 10.0. The van der Waals surface area contributed by atoms with E-state index in [0.717, 1.165) is 50.5 Å². The Bertz CT molecular complexity index is 1240. The molecule has 3 heteroatoms. The monoisotopic (exact) mass is 387 g/mol. The number of aliphatic imine (C=N–C) groups is 1. The van der Waals surface area contributed by atoms with Crippen molar-refractivity contribution in [3.05, 3.63) is 109 Å². The summed E-state index contributed by atoms with van der Waals surface area (Å²) in [7, 11) is 0. The first-order chi connectivity index (χ1) is 14.8. The summed E-state index contributed by atoms with van der Waals surface area (Å²) in [5, 5.41) is 0. The molecule has 5 aromatic rings. The number of H-pyrrole nitrogens is 1. The van der Waals surface area contributed by atoms with Crippen LogP contribution in [0.4, 0.5) is 5.69 Å². The van der Waals surface area contributed by atoms with E-state index in [4.69, 9.17) is 9.98 Å². The van der Waals surface area contributed by atoms with Gasteiger partial charge in [0.05, 0.1) is 22.4 Å². The quantitative estimate of drug-likeness (QED) is 0.330. The molecule has 0 bridgehead atoms. The molecular weight excluding hydrogens is 366 g/mol. The largest absolute Gasteiger partial charge is 0.337 e. The van der Waals surface area contributed by atoms with E-state index in [1.54, 1.807) is 0 Å². The molecule has 1 heterocycles. The summed E-state index contributed by atoms with van der Waals surface area (Å²) in [6.07, 6.45) is 0. The van der Waals surface area contributed by atoms with Crippen LogP contribution in [0.5, 0.6) is 0 Å². The Hall–Kier alpha value is -3.98. The molecule has 0 fully saturated rings. The highest BCUT2D eigenvalue weighted by atomic mass is 14.9. The highest BCUT2D eigenvalue weighted by Crippen LogP contribution is 2.39. The molecule has 30 heavy (non-hydrogen) atoms. The van der Waals surface area contributed by atoms with Crippen molar-refractivity contribution in [3.8, 4) is 22.3 Å². The third-order valence-corrected chi connectivity index (χ3v) is 5.22. The molecule has 1 aromatic heterocycles. The summed E-state index contributed by atoms with van der Waals surface area (Å²) < 4.78 is 0. The van der Waals surface area contributed by atoms with Gasteiger partial charge in [-0.1, -0.05) is 91.0 Å². The number of nitrogens with one attached hydrogen (secondary N) is 1. The molecule has 0 radical (unpaired) electrons. The van der Waals surface area contributed by atoms with Gasteiger partial charge in [-0.2, -0.15) is 0 Å². The van der Waals surface area contributed by atoms with Crippen molar-refractivity contribution in [1.29, 1.82) is 0 Å². The Morgan fingerprint density at radius 1 is 0.667 bits per heavy atom. The molecule has 0 spiro atoms. The van der Waals surface area contributed by atoms with Gasteiger partial charge in [0.25, 0.3) is 0 Å². The number of para-hydroxylation sites is 3. The van der Waals surface area contributed by atoms with Crippen molar-refractivity contribution < 1.29 is 0 Å². The number of imidazole rings is 1. The van der Waals surface area contributed by atoms with Gasteiger partial charge in [-0.05, 0) is 30.2 Å². The van der Waals surface area contributed by atoms with Crippen molar-refractivity contribution >= 4 is 22.4 Å². The van der Waals surface area contributed by atoms with E-state index < -0.39 is 0 Å². The summed E-state index contributed by atoms with van der Waals surface area (Å²) >= 11 is 0. The molecule has 0 aliphatic heterocycles. The molecule has 0 unspecified atom stereocenters. The fraction of sp³-hybridized carbons (Fsp3) is 0.0370. The van der Waals surface area contributed by atoms with Crippen molar-refractivity contribution in [2.24, 2.45) is 4.99 Å². The average Bonchev–Trinajstić information content (AvgIpc) is 3.25. The van der Waals surface area contributed by atoms with E-state index in [-0.39, 0.29) is 0 Å². The second-order valence-corrected chi connectivity index (χ2v) is 7.23. The van der Waals surface area contributed by atoms with Crippen LogP contribution in [0.15, 0.2) is 108 Å².